The van der Waals surface area contributed by atoms with E-state index in [1.807, 2.05) is 51.1 Å². The zero-order valence-electron chi connectivity index (χ0n) is 13.5. The van der Waals surface area contributed by atoms with Gasteiger partial charge in [-0.2, -0.15) is 0 Å². The van der Waals surface area contributed by atoms with E-state index >= 15 is 0 Å². The lowest BCUT2D eigenvalue weighted by Gasteiger charge is -2.37. The van der Waals surface area contributed by atoms with E-state index in [2.05, 4.69) is 0 Å². The highest BCUT2D eigenvalue weighted by Crippen LogP contribution is 2.30. The minimum absolute atomic E-state index is 0.0546. The molecule has 0 aliphatic carbocycles. The number of carbonyl (C=O) groups is 2. The number of aliphatic carboxylic acids is 1. The maximum atomic E-state index is 13.0. The number of benzene rings is 1. The van der Waals surface area contributed by atoms with Crippen molar-refractivity contribution >= 4 is 11.9 Å². The molecule has 22 heavy (non-hydrogen) atoms. The Hall–Kier alpha value is -1.84. The van der Waals surface area contributed by atoms with Gasteiger partial charge in [0, 0.05) is 13.1 Å². The summed E-state index contributed by atoms with van der Waals surface area (Å²) >= 11 is 0. The van der Waals surface area contributed by atoms with E-state index in [0.29, 0.717) is 19.5 Å². The number of carboxylic acids is 1. The summed E-state index contributed by atoms with van der Waals surface area (Å²) in [7, 11) is 0. The highest BCUT2D eigenvalue weighted by molar-refractivity contribution is 5.85. The molecule has 4 heteroatoms. The van der Waals surface area contributed by atoms with Crippen molar-refractivity contribution < 1.29 is 14.7 Å². The van der Waals surface area contributed by atoms with Crippen LogP contribution in [0.1, 0.15) is 38.7 Å². The number of hydrogen-bond acceptors (Lipinski definition) is 2. The molecule has 0 radical (unpaired) electrons. The molecule has 1 aliphatic rings. The van der Waals surface area contributed by atoms with Gasteiger partial charge in [-0.25, -0.2) is 0 Å². The molecule has 3 atom stereocenters. The topological polar surface area (TPSA) is 57.6 Å². The standard InChI is InChI=1S/C18H25NO3/c1-12(2)16(14-7-5-4-6-8-14)17(20)19-10-13(3)9-15(11-19)18(21)22/h4-8,12-13,15-16H,9-11H2,1-3H3,(H,21,22). The van der Waals surface area contributed by atoms with Gasteiger partial charge in [0.2, 0.25) is 5.91 Å². The molecule has 1 aliphatic heterocycles. The first kappa shape index (κ1) is 16.5. The van der Waals surface area contributed by atoms with Gasteiger partial charge in [-0.3, -0.25) is 9.59 Å². The zero-order chi connectivity index (χ0) is 16.3. The van der Waals surface area contributed by atoms with Crippen LogP contribution in [-0.4, -0.2) is 35.0 Å². The number of hydrogen-bond donors (Lipinski definition) is 1. The number of amides is 1. The first-order valence-corrected chi connectivity index (χ1v) is 7.96. The summed E-state index contributed by atoms with van der Waals surface area (Å²) in [6.45, 7) is 7.07. The maximum Gasteiger partial charge on any atom is 0.308 e. The van der Waals surface area contributed by atoms with Crippen molar-refractivity contribution in [3.63, 3.8) is 0 Å². The van der Waals surface area contributed by atoms with E-state index in [-0.39, 0.29) is 23.7 Å². The van der Waals surface area contributed by atoms with Crippen molar-refractivity contribution in [2.75, 3.05) is 13.1 Å². The molecule has 1 aromatic rings. The van der Waals surface area contributed by atoms with Crippen molar-refractivity contribution in [1.29, 1.82) is 0 Å². The van der Waals surface area contributed by atoms with E-state index < -0.39 is 11.9 Å². The van der Waals surface area contributed by atoms with Gasteiger partial charge in [-0.1, -0.05) is 51.1 Å². The predicted molar refractivity (Wildman–Crippen MR) is 85.5 cm³/mol. The maximum absolute atomic E-state index is 13.0. The first-order valence-electron chi connectivity index (χ1n) is 7.96. The van der Waals surface area contributed by atoms with E-state index in [9.17, 15) is 14.7 Å². The average Bonchev–Trinajstić information content (AvgIpc) is 2.47. The Morgan fingerprint density at radius 3 is 2.36 bits per heavy atom. The molecule has 120 valence electrons. The lowest BCUT2D eigenvalue weighted by Crippen LogP contribution is -2.47. The van der Waals surface area contributed by atoms with Crippen molar-refractivity contribution in [2.45, 2.75) is 33.1 Å². The van der Waals surface area contributed by atoms with Crippen LogP contribution in [0.3, 0.4) is 0 Å². The fourth-order valence-electron chi connectivity index (χ4n) is 3.38. The summed E-state index contributed by atoms with van der Waals surface area (Å²) < 4.78 is 0. The van der Waals surface area contributed by atoms with Crippen LogP contribution in [0.15, 0.2) is 30.3 Å². The van der Waals surface area contributed by atoms with Gasteiger partial charge in [0.15, 0.2) is 0 Å². The Balaban J connectivity index is 2.22. The Morgan fingerprint density at radius 2 is 1.82 bits per heavy atom. The first-order chi connectivity index (χ1) is 10.4. The van der Waals surface area contributed by atoms with Gasteiger partial charge >= 0.3 is 5.97 Å². The number of likely N-dealkylation sites (tertiary alicyclic amines) is 1. The number of rotatable bonds is 4. The quantitative estimate of drug-likeness (QED) is 0.930. The Morgan fingerprint density at radius 1 is 1.18 bits per heavy atom. The molecule has 0 aromatic heterocycles. The third kappa shape index (κ3) is 3.67. The second-order valence-electron chi connectivity index (χ2n) is 6.75. The van der Waals surface area contributed by atoms with Gasteiger partial charge in [0.1, 0.15) is 0 Å². The number of piperidine rings is 1. The number of carboxylic acid groups (broad SMARTS) is 1. The molecular weight excluding hydrogens is 278 g/mol. The van der Waals surface area contributed by atoms with Crippen LogP contribution in [-0.2, 0) is 9.59 Å². The summed E-state index contributed by atoms with van der Waals surface area (Å²) in [6.07, 6.45) is 0.650. The number of carbonyl (C=O) groups excluding carboxylic acids is 1. The molecule has 2 rings (SSSR count). The van der Waals surface area contributed by atoms with E-state index in [1.165, 1.54) is 0 Å². The molecule has 1 N–H and O–H groups in total. The molecule has 1 saturated heterocycles. The lowest BCUT2D eigenvalue weighted by molar-refractivity contribution is -0.147. The van der Waals surface area contributed by atoms with Gasteiger partial charge in [-0.15, -0.1) is 0 Å². The van der Waals surface area contributed by atoms with Crippen LogP contribution in [0.25, 0.3) is 0 Å². The van der Waals surface area contributed by atoms with Crippen LogP contribution < -0.4 is 0 Å². The van der Waals surface area contributed by atoms with Crippen LogP contribution in [0.4, 0.5) is 0 Å². The summed E-state index contributed by atoms with van der Waals surface area (Å²) in [4.78, 5) is 26.0. The van der Waals surface area contributed by atoms with Gasteiger partial charge in [0.05, 0.1) is 11.8 Å². The third-order valence-electron chi connectivity index (χ3n) is 4.41. The van der Waals surface area contributed by atoms with Crippen LogP contribution in [0, 0.1) is 17.8 Å². The van der Waals surface area contributed by atoms with E-state index in [0.717, 1.165) is 5.56 Å². The Kier molecular flexibility index (Phi) is 5.22. The monoisotopic (exact) mass is 303 g/mol. The Bertz CT molecular complexity index is 526. The molecule has 0 bridgehead atoms. The fourth-order valence-corrected chi connectivity index (χ4v) is 3.38. The molecule has 4 nitrogen and oxygen atoms in total. The fraction of sp³-hybridized carbons (Fsp3) is 0.556. The largest absolute Gasteiger partial charge is 0.481 e. The lowest BCUT2D eigenvalue weighted by atomic mass is 9.84. The van der Waals surface area contributed by atoms with Crippen LogP contribution >= 0.6 is 0 Å². The smallest absolute Gasteiger partial charge is 0.308 e. The van der Waals surface area contributed by atoms with Crippen molar-refractivity contribution in [1.82, 2.24) is 4.90 Å². The highest BCUT2D eigenvalue weighted by atomic mass is 16.4. The molecule has 0 saturated carbocycles. The zero-order valence-corrected chi connectivity index (χ0v) is 13.5. The van der Waals surface area contributed by atoms with Gasteiger partial charge in [-0.05, 0) is 23.8 Å². The summed E-state index contributed by atoms with van der Waals surface area (Å²) in [5.41, 5.74) is 1.01. The molecular formula is C18H25NO3. The van der Waals surface area contributed by atoms with E-state index in [4.69, 9.17) is 0 Å². The van der Waals surface area contributed by atoms with Gasteiger partial charge in [0.25, 0.3) is 0 Å². The summed E-state index contributed by atoms with van der Waals surface area (Å²) in [5.74, 6) is -1.00. The van der Waals surface area contributed by atoms with Gasteiger partial charge < -0.3 is 10.0 Å². The van der Waals surface area contributed by atoms with Crippen molar-refractivity contribution in [3.8, 4) is 0 Å². The SMILES string of the molecule is CC1CC(C(=O)O)CN(C(=O)C(c2ccccc2)C(C)C)C1. The predicted octanol–water partition coefficient (Wildman–Crippen LogP) is 3.00. The van der Waals surface area contributed by atoms with Crippen LogP contribution in [0.2, 0.25) is 0 Å². The Labute approximate surface area is 132 Å². The number of nitrogens with zero attached hydrogens (tertiary/aromatic N) is 1. The molecule has 1 aromatic carbocycles. The minimum Gasteiger partial charge on any atom is -0.481 e. The van der Waals surface area contributed by atoms with Crippen LogP contribution in [0.5, 0.6) is 0 Å². The van der Waals surface area contributed by atoms with Crippen molar-refractivity contribution in [3.05, 3.63) is 35.9 Å². The molecule has 0 spiro atoms. The van der Waals surface area contributed by atoms with E-state index in [1.54, 1.807) is 4.90 Å². The second-order valence-corrected chi connectivity index (χ2v) is 6.75. The minimum atomic E-state index is -0.801. The molecule has 1 fully saturated rings. The summed E-state index contributed by atoms with van der Waals surface area (Å²) in [5, 5.41) is 9.28. The molecule has 1 heterocycles. The van der Waals surface area contributed by atoms with Crippen molar-refractivity contribution in [2.24, 2.45) is 17.8 Å². The molecule has 3 unspecified atom stereocenters. The average molecular weight is 303 g/mol. The molecule has 1 amide bonds. The third-order valence-corrected chi connectivity index (χ3v) is 4.41. The summed E-state index contributed by atoms with van der Waals surface area (Å²) in [6, 6.07) is 9.78. The normalized spacial score (nSPS) is 23.4. The second kappa shape index (κ2) is 6.95. The highest BCUT2D eigenvalue weighted by Gasteiger charge is 2.35.